The molecule has 4 rings (SSSR count). The molecule has 7 nitrogen and oxygen atoms in total. The Hall–Kier alpha value is -3.04. The molecule has 2 aliphatic rings. The topological polar surface area (TPSA) is 76.6 Å². The monoisotopic (exact) mass is 450 g/mol. The summed E-state index contributed by atoms with van der Waals surface area (Å²) in [5.74, 6) is -3.48. The van der Waals surface area contributed by atoms with E-state index >= 15 is 0 Å². The second-order valence-electron chi connectivity index (χ2n) is 8.26. The van der Waals surface area contributed by atoms with E-state index in [-0.39, 0.29) is 42.9 Å². The maximum atomic E-state index is 14.3. The van der Waals surface area contributed by atoms with Crippen molar-refractivity contribution in [2.75, 3.05) is 24.6 Å². The average molecular weight is 450 g/mol. The number of aromatic nitrogens is 2. The third-order valence-corrected chi connectivity index (χ3v) is 5.62. The predicted molar refractivity (Wildman–Crippen MR) is 110 cm³/mol. The SMILES string of the molecule is CC(=O)N[C@@H](C)c1ccc(O[C@@H]2CCN(c3nc(OCC4CC4(F)F)ncc3F)C2)cc1. The molecule has 0 radical (unpaired) electrons. The fourth-order valence-electron chi connectivity index (χ4n) is 3.69. The fraction of sp³-hybridized carbons (Fsp3) is 0.500. The van der Waals surface area contributed by atoms with Crippen molar-refractivity contribution in [2.45, 2.75) is 44.8 Å². The Morgan fingerprint density at radius 3 is 2.72 bits per heavy atom. The molecule has 0 spiro atoms. The highest BCUT2D eigenvalue weighted by atomic mass is 19.3. The number of carbonyl (C=O) groups excluding carboxylic acids is 1. The Morgan fingerprint density at radius 1 is 1.34 bits per heavy atom. The van der Waals surface area contributed by atoms with Crippen LogP contribution in [0.5, 0.6) is 11.8 Å². The van der Waals surface area contributed by atoms with E-state index in [9.17, 15) is 18.0 Å². The zero-order chi connectivity index (χ0) is 22.9. The fourth-order valence-corrected chi connectivity index (χ4v) is 3.69. The van der Waals surface area contributed by atoms with Gasteiger partial charge in [-0.3, -0.25) is 4.79 Å². The van der Waals surface area contributed by atoms with Crippen LogP contribution in [-0.2, 0) is 4.79 Å². The van der Waals surface area contributed by atoms with Gasteiger partial charge in [0.15, 0.2) is 11.6 Å². The highest BCUT2D eigenvalue weighted by Gasteiger charge is 2.57. The maximum Gasteiger partial charge on any atom is 0.318 e. The highest BCUT2D eigenvalue weighted by molar-refractivity contribution is 5.73. The standard InChI is InChI=1S/C22H25F3N4O3/c1-13(27-14(2)30)15-3-5-17(6-4-15)32-18-7-8-29(11-18)20-19(23)10-26-21(28-20)31-12-16-9-22(16,24)25/h3-6,10,13,16,18H,7-9,11-12H2,1-2H3,(H,27,30)/t13-,16?,18+/m0/s1. The Morgan fingerprint density at radius 2 is 2.06 bits per heavy atom. The molecule has 1 aromatic heterocycles. The van der Waals surface area contributed by atoms with Crippen molar-refractivity contribution in [2.24, 2.45) is 5.92 Å². The molecule has 2 heterocycles. The van der Waals surface area contributed by atoms with E-state index in [1.807, 2.05) is 31.2 Å². The molecular formula is C22H25F3N4O3. The van der Waals surface area contributed by atoms with E-state index in [4.69, 9.17) is 9.47 Å². The van der Waals surface area contributed by atoms with Gasteiger partial charge in [0.2, 0.25) is 5.91 Å². The van der Waals surface area contributed by atoms with Crippen LogP contribution in [0.1, 0.15) is 38.3 Å². The molecule has 1 saturated carbocycles. The molecule has 0 bridgehead atoms. The number of benzene rings is 1. The number of hydrogen-bond donors (Lipinski definition) is 1. The van der Waals surface area contributed by atoms with Crippen molar-refractivity contribution in [3.05, 3.63) is 41.8 Å². The summed E-state index contributed by atoms with van der Waals surface area (Å²) in [4.78, 5) is 20.8. The average Bonchev–Trinajstić information content (AvgIpc) is 3.12. The summed E-state index contributed by atoms with van der Waals surface area (Å²) in [6.45, 7) is 4.12. The first-order valence-electron chi connectivity index (χ1n) is 10.5. The summed E-state index contributed by atoms with van der Waals surface area (Å²) in [7, 11) is 0. The summed E-state index contributed by atoms with van der Waals surface area (Å²) < 4.78 is 51.6. The summed E-state index contributed by atoms with van der Waals surface area (Å²) >= 11 is 0. The van der Waals surface area contributed by atoms with Crippen LogP contribution in [0.2, 0.25) is 0 Å². The third-order valence-electron chi connectivity index (χ3n) is 5.62. The Bertz CT molecular complexity index is 973. The summed E-state index contributed by atoms with van der Waals surface area (Å²) in [6, 6.07) is 7.23. The first-order valence-corrected chi connectivity index (χ1v) is 10.5. The van der Waals surface area contributed by atoms with E-state index in [2.05, 4.69) is 15.3 Å². The summed E-state index contributed by atoms with van der Waals surface area (Å²) in [6.07, 6.45) is 1.28. The number of nitrogens with zero attached hydrogens (tertiary/aromatic N) is 3. The number of carbonyl (C=O) groups is 1. The van der Waals surface area contributed by atoms with Crippen LogP contribution >= 0.6 is 0 Å². The van der Waals surface area contributed by atoms with Gasteiger partial charge in [0.25, 0.3) is 5.92 Å². The molecule has 1 unspecified atom stereocenters. The van der Waals surface area contributed by atoms with Crippen LogP contribution in [0.3, 0.4) is 0 Å². The smallest absolute Gasteiger partial charge is 0.318 e. The largest absolute Gasteiger partial charge is 0.489 e. The molecule has 1 saturated heterocycles. The van der Waals surface area contributed by atoms with E-state index in [0.717, 1.165) is 11.8 Å². The number of halogens is 3. The number of anilines is 1. The number of amides is 1. The van der Waals surface area contributed by atoms with Gasteiger partial charge in [0, 0.05) is 26.3 Å². The minimum absolute atomic E-state index is 0.0723. The van der Waals surface area contributed by atoms with E-state index in [1.165, 1.54) is 6.92 Å². The Kier molecular flexibility index (Phi) is 6.12. The number of nitrogens with one attached hydrogen (secondary N) is 1. The van der Waals surface area contributed by atoms with Crippen molar-refractivity contribution in [1.82, 2.24) is 15.3 Å². The highest BCUT2D eigenvalue weighted by Crippen LogP contribution is 2.48. The van der Waals surface area contributed by atoms with Gasteiger partial charge in [0.05, 0.1) is 24.7 Å². The minimum atomic E-state index is -2.69. The zero-order valence-electron chi connectivity index (χ0n) is 17.9. The molecule has 1 amide bonds. The molecule has 1 aliphatic heterocycles. The number of hydrogen-bond acceptors (Lipinski definition) is 6. The van der Waals surface area contributed by atoms with Crippen molar-refractivity contribution in [3.63, 3.8) is 0 Å². The predicted octanol–water partition coefficient (Wildman–Crippen LogP) is 3.50. The van der Waals surface area contributed by atoms with Crippen molar-refractivity contribution < 1.29 is 27.4 Å². The molecule has 1 aliphatic carbocycles. The van der Waals surface area contributed by atoms with Crippen LogP contribution < -0.4 is 19.7 Å². The Labute approximate surface area is 183 Å². The van der Waals surface area contributed by atoms with Crippen LogP contribution in [0.15, 0.2) is 30.5 Å². The minimum Gasteiger partial charge on any atom is -0.489 e. The third kappa shape index (κ3) is 5.23. The van der Waals surface area contributed by atoms with E-state index in [0.29, 0.717) is 25.3 Å². The van der Waals surface area contributed by atoms with Crippen molar-refractivity contribution in [3.8, 4) is 11.8 Å². The normalized spacial score (nSPS) is 22.3. The van der Waals surface area contributed by atoms with Gasteiger partial charge in [-0.25, -0.2) is 18.2 Å². The zero-order valence-corrected chi connectivity index (χ0v) is 17.9. The van der Waals surface area contributed by atoms with Crippen molar-refractivity contribution in [1.29, 1.82) is 0 Å². The molecule has 1 N–H and O–H groups in total. The van der Waals surface area contributed by atoms with E-state index in [1.54, 1.807) is 4.90 Å². The van der Waals surface area contributed by atoms with Crippen LogP contribution in [-0.4, -0.2) is 47.6 Å². The second-order valence-corrected chi connectivity index (χ2v) is 8.26. The van der Waals surface area contributed by atoms with Gasteiger partial charge in [-0.15, -0.1) is 0 Å². The maximum absolute atomic E-state index is 14.3. The lowest BCUT2D eigenvalue weighted by Gasteiger charge is -2.19. The second kappa shape index (κ2) is 8.84. The van der Waals surface area contributed by atoms with Crippen LogP contribution in [0, 0.1) is 11.7 Å². The first kappa shape index (κ1) is 22.2. The lowest BCUT2D eigenvalue weighted by molar-refractivity contribution is -0.119. The number of rotatable bonds is 8. The van der Waals surface area contributed by atoms with Gasteiger partial charge in [-0.2, -0.15) is 4.98 Å². The first-order chi connectivity index (χ1) is 15.2. The molecule has 10 heteroatoms. The molecular weight excluding hydrogens is 425 g/mol. The van der Waals surface area contributed by atoms with Crippen LogP contribution in [0.25, 0.3) is 0 Å². The van der Waals surface area contributed by atoms with Gasteiger partial charge >= 0.3 is 6.01 Å². The van der Waals surface area contributed by atoms with Crippen molar-refractivity contribution >= 4 is 11.7 Å². The number of alkyl halides is 2. The van der Waals surface area contributed by atoms with Crippen LogP contribution in [0.4, 0.5) is 19.0 Å². The summed E-state index contributed by atoms with van der Waals surface area (Å²) in [5, 5.41) is 2.83. The molecule has 172 valence electrons. The Balaban J connectivity index is 1.33. The molecule has 2 aromatic rings. The lowest BCUT2D eigenvalue weighted by Crippen LogP contribution is -2.26. The molecule has 2 fully saturated rings. The molecule has 1 aromatic carbocycles. The quantitative estimate of drug-likeness (QED) is 0.664. The van der Waals surface area contributed by atoms with Gasteiger partial charge in [-0.1, -0.05) is 12.1 Å². The van der Waals surface area contributed by atoms with Gasteiger partial charge in [0.1, 0.15) is 18.5 Å². The van der Waals surface area contributed by atoms with Gasteiger partial charge in [-0.05, 0) is 24.6 Å². The summed E-state index contributed by atoms with van der Waals surface area (Å²) in [5.41, 5.74) is 0.958. The van der Waals surface area contributed by atoms with E-state index < -0.39 is 17.7 Å². The molecule has 32 heavy (non-hydrogen) atoms. The molecule has 3 atom stereocenters. The number of ether oxygens (including phenoxy) is 2. The van der Waals surface area contributed by atoms with Gasteiger partial charge < -0.3 is 19.7 Å². The lowest BCUT2D eigenvalue weighted by atomic mass is 10.1.